The molecule has 1 aromatic carbocycles. The van der Waals surface area contributed by atoms with Crippen molar-refractivity contribution < 1.29 is 13.9 Å². The standard InChI is InChI=1S/C14H22FNO2/c1-4-16-14(10-18-8-7-17-3)13-9-12(15)6-5-11(13)2/h5-6,9,14,16H,4,7-8,10H2,1-3H3. The zero-order valence-corrected chi connectivity index (χ0v) is 11.3. The molecule has 0 aliphatic rings. The van der Waals surface area contributed by atoms with Crippen LogP contribution in [0.1, 0.15) is 24.1 Å². The van der Waals surface area contributed by atoms with Gasteiger partial charge in [-0.25, -0.2) is 4.39 Å². The van der Waals surface area contributed by atoms with Crippen molar-refractivity contribution in [2.24, 2.45) is 0 Å². The van der Waals surface area contributed by atoms with Crippen molar-refractivity contribution in [2.75, 3.05) is 33.5 Å². The van der Waals surface area contributed by atoms with Crippen molar-refractivity contribution in [3.05, 3.63) is 35.1 Å². The Kier molecular flexibility index (Phi) is 6.86. The number of benzene rings is 1. The molecule has 18 heavy (non-hydrogen) atoms. The third-order valence-corrected chi connectivity index (χ3v) is 2.78. The molecule has 0 saturated carbocycles. The van der Waals surface area contributed by atoms with Crippen LogP contribution in [0.15, 0.2) is 18.2 Å². The van der Waals surface area contributed by atoms with Gasteiger partial charge in [0.1, 0.15) is 5.82 Å². The van der Waals surface area contributed by atoms with E-state index < -0.39 is 0 Å². The number of hydrogen-bond acceptors (Lipinski definition) is 3. The summed E-state index contributed by atoms with van der Waals surface area (Å²) in [6.45, 7) is 6.45. The second-order valence-corrected chi connectivity index (χ2v) is 4.18. The SMILES string of the molecule is CCNC(COCCOC)c1cc(F)ccc1C. The number of rotatable bonds is 8. The maximum absolute atomic E-state index is 13.3. The Morgan fingerprint density at radius 1 is 1.33 bits per heavy atom. The van der Waals surface area contributed by atoms with Crippen molar-refractivity contribution in [3.8, 4) is 0 Å². The molecule has 1 aromatic rings. The van der Waals surface area contributed by atoms with Crippen LogP contribution in [0.4, 0.5) is 4.39 Å². The highest BCUT2D eigenvalue weighted by Crippen LogP contribution is 2.19. The number of likely N-dealkylation sites (N-methyl/N-ethyl adjacent to an activating group) is 1. The molecule has 102 valence electrons. The van der Waals surface area contributed by atoms with Crippen molar-refractivity contribution in [3.63, 3.8) is 0 Å². The van der Waals surface area contributed by atoms with Crippen LogP contribution in [0, 0.1) is 12.7 Å². The second-order valence-electron chi connectivity index (χ2n) is 4.18. The third-order valence-electron chi connectivity index (χ3n) is 2.78. The van der Waals surface area contributed by atoms with Gasteiger partial charge >= 0.3 is 0 Å². The molecule has 1 rings (SSSR count). The summed E-state index contributed by atoms with van der Waals surface area (Å²) in [5.41, 5.74) is 2.02. The monoisotopic (exact) mass is 255 g/mol. The molecular formula is C14H22FNO2. The Morgan fingerprint density at radius 2 is 2.11 bits per heavy atom. The minimum Gasteiger partial charge on any atom is -0.382 e. The van der Waals surface area contributed by atoms with Gasteiger partial charge < -0.3 is 14.8 Å². The summed E-state index contributed by atoms with van der Waals surface area (Å²) < 4.78 is 23.8. The summed E-state index contributed by atoms with van der Waals surface area (Å²) in [6.07, 6.45) is 0. The summed E-state index contributed by atoms with van der Waals surface area (Å²) in [4.78, 5) is 0. The molecule has 0 saturated heterocycles. The van der Waals surface area contributed by atoms with Gasteiger partial charge in [-0.15, -0.1) is 0 Å². The highest BCUT2D eigenvalue weighted by atomic mass is 19.1. The Hall–Kier alpha value is -0.970. The zero-order chi connectivity index (χ0) is 13.4. The number of halogens is 1. The Bertz CT molecular complexity index is 358. The molecule has 4 heteroatoms. The number of methoxy groups -OCH3 is 1. The maximum atomic E-state index is 13.3. The molecule has 0 spiro atoms. The van der Waals surface area contributed by atoms with Crippen LogP contribution in [0.3, 0.4) is 0 Å². The van der Waals surface area contributed by atoms with E-state index in [2.05, 4.69) is 5.32 Å². The minimum atomic E-state index is -0.213. The Morgan fingerprint density at radius 3 is 2.78 bits per heavy atom. The van der Waals surface area contributed by atoms with Gasteiger partial charge in [-0.3, -0.25) is 0 Å². The van der Waals surface area contributed by atoms with E-state index >= 15 is 0 Å². The van der Waals surface area contributed by atoms with E-state index in [9.17, 15) is 4.39 Å². The second kappa shape index (κ2) is 8.19. The molecule has 0 aromatic heterocycles. The van der Waals surface area contributed by atoms with Crippen molar-refractivity contribution in [1.29, 1.82) is 0 Å². The normalized spacial score (nSPS) is 12.7. The van der Waals surface area contributed by atoms with Crippen molar-refractivity contribution in [1.82, 2.24) is 5.32 Å². The first-order chi connectivity index (χ1) is 8.69. The van der Waals surface area contributed by atoms with Gasteiger partial charge in [-0.05, 0) is 36.7 Å². The molecule has 3 nitrogen and oxygen atoms in total. The molecule has 0 aliphatic carbocycles. The number of nitrogens with one attached hydrogen (secondary N) is 1. The van der Waals surface area contributed by atoms with E-state index in [0.29, 0.717) is 19.8 Å². The predicted octanol–water partition coefficient (Wildman–Crippen LogP) is 2.45. The third kappa shape index (κ3) is 4.72. The fraction of sp³-hybridized carbons (Fsp3) is 0.571. The van der Waals surface area contributed by atoms with Crippen LogP contribution in [-0.2, 0) is 9.47 Å². The van der Waals surface area contributed by atoms with E-state index in [1.165, 1.54) is 6.07 Å². The smallest absolute Gasteiger partial charge is 0.123 e. The summed E-state index contributed by atoms with van der Waals surface area (Å²) in [6, 6.07) is 4.86. The van der Waals surface area contributed by atoms with Crippen LogP contribution < -0.4 is 5.32 Å². The summed E-state index contributed by atoms with van der Waals surface area (Å²) >= 11 is 0. The quantitative estimate of drug-likeness (QED) is 0.724. The van der Waals surface area contributed by atoms with E-state index in [1.807, 2.05) is 13.8 Å². The van der Waals surface area contributed by atoms with Crippen LogP contribution in [0.25, 0.3) is 0 Å². The van der Waals surface area contributed by atoms with E-state index in [1.54, 1.807) is 19.2 Å². The topological polar surface area (TPSA) is 30.5 Å². The van der Waals surface area contributed by atoms with Gasteiger partial charge in [-0.2, -0.15) is 0 Å². The van der Waals surface area contributed by atoms with Crippen LogP contribution in [-0.4, -0.2) is 33.5 Å². The first kappa shape index (κ1) is 15.1. The number of ether oxygens (including phenoxy) is 2. The molecule has 1 atom stereocenters. The average Bonchev–Trinajstić information content (AvgIpc) is 2.36. The van der Waals surface area contributed by atoms with E-state index in [4.69, 9.17) is 9.47 Å². The largest absolute Gasteiger partial charge is 0.382 e. The molecule has 1 N–H and O–H groups in total. The predicted molar refractivity (Wildman–Crippen MR) is 70.2 cm³/mol. The first-order valence-electron chi connectivity index (χ1n) is 6.25. The van der Waals surface area contributed by atoms with Crippen LogP contribution in [0.2, 0.25) is 0 Å². The number of aryl methyl sites for hydroxylation is 1. The van der Waals surface area contributed by atoms with E-state index in [0.717, 1.165) is 17.7 Å². The molecule has 0 bridgehead atoms. The van der Waals surface area contributed by atoms with Crippen LogP contribution >= 0.6 is 0 Å². The van der Waals surface area contributed by atoms with Gasteiger partial charge in [0, 0.05) is 7.11 Å². The highest BCUT2D eigenvalue weighted by Gasteiger charge is 2.13. The maximum Gasteiger partial charge on any atom is 0.123 e. The average molecular weight is 255 g/mol. The molecular weight excluding hydrogens is 233 g/mol. The zero-order valence-electron chi connectivity index (χ0n) is 11.3. The fourth-order valence-corrected chi connectivity index (χ4v) is 1.84. The van der Waals surface area contributed by atoms with Gasteiger partial charge in [-0.1, -0.05) is 13.0 Å². The van der Waals surface area contributed by atoms with Crippen LogP contribution in [0.5, 0.6) is 0 Å². The lowest BCUT2D eigenvalue weighted by Crippen LogP contribution is -2.26. The minimum absolute atomic E-state index is 0.0163. The first-order valence-corrected chi connectivity index (χ1v) is 6.25. The Labute approximate surface area is 108 Å². The lowest BCUT2D eigenvalue weighted by Gasteiger charge is -2.20. The molecule has 0 amide bonds. The summed E-state index contributed by atoms with van der Waals surface area (Å²) in [5, 5.41) is 3.31. The van der Waals surface area contributed by atoms with Gasteiger partial charge in [0.15, 0.2) is 0 Å². The molecule has 0 aliphatic heterocycles. The molecule has 1 unspecified atom stereocenters. The summed E-state index contributed by atoms with van der Waals surface area (Å²) in [7, 11) is 1.64. The lowest BCUT2D eigenvalue weighted by atomic mass is 10.0. The molecule has 0 heterocycles. The van der Waals surface area contributed by atoms with E-state index in [-0.39, 0.29) is 11.9 Å². The van der Waals surface area contributed by atoms with Gasteiger partial charge in [0.25, 0.3) is 0 Å². The lowest BCUT2D eigenvalue weighted by molar-refractivity contribution is 0.0587. The molecule has 0 fully saturated rings. The Balaban J connectivity index is 2.67. The van der Waals surface area contributed by atoms with Gasteiger partial charge in [0.2, 0.25) is 0 Å². The van der Waals surface area contributed by atoms with Crippen molar-refractivity contribution in [2.45, 2.75) is 19.9 Å². The highest BCUT2D eigenvalue weighted by molar-refractivity contribution is 5.29. The summed E-state index contributed by atoms with van der Waals surface area (Å²) in [5.74, 6) is -0.213. The van der Waals surface area contributed by atoms with Crippen molar-refractivity contribution >= 4 is 0 Å². The molecule has 0 radical (unpaired) electrons. The fourth-order valence-electron chi connectivity index (χ4n) is 1.84. The number of hydrogen-bond donors (Lipinski definition) is 1. The van der Waals surface area contributed by atoms with Gasteiger partial charge in [0.05, 0.1) is 25.9 Å².